The van der Waals surface area contributed by atoms with E-state index >= 15 is 0 Å². The number of carbonyl (C=O) groups excluding carboxylic acids is 2. The largest absolute Gasteiger partial charge is 0.350 e. The van der Waals surface area contributed by atoms with Gasteiger partial charge in [0.1, 0.15) is 4.88 Å². The van der Waals surface area contributed by atoms with E-state index in [1.54, 1.807) is 11.7 Å². The van der Waals surface area contributed by atoms with Crippen molar-refractivity contribution in [3.05, 3.63) is 52.0 Å². The highest BCUT2D eigenvalue weighted by Crippen LogP contribution is 2.26. The zero-order valence-electron chi connectivity index (χ0n) is 16.1. The number of likely N-dealkylation sites (tertiary alicyclic amines) is 1. The first-order chi connectivity index (χ1) is 13.6. The zero-order valence-corrected chi connectivity index (χ0v) is 17.0. The van der Waals surface area contributed by atoms with Crippen LogP contribution < -0.4 is 5.32 Å². The molecule has 1 aromatic carbocycles. The summed E-state index contributed by atoms with van der Waals surface area (Å²) in [4.78, 5) is 33.8. The monoisotopic (exact) mass is 398 g/mol. The second-order valence-electron chi connectivity index (χ2n) is 7.66. The Morgan fingerprint density at radius 3 is 2.79 bits per heavy atom. The molecule has 2 aliphatic rings. The second kappa shape index (κ2) is 8.41. The van der Waals surface area contributed by atoms with E-state index in [9.17, 15) is 9.59 Å². The van der Waals surface area contributed by atoms with Crippen LogP contribution in [0.15, 0.2) is 36.0 Å². The average molecular weight is 399 g/mol. The van der Waals surface area contributed by atoms with Gasteiger partial charge in [-0.3, -0.25) is 19.5 Å². The maximum atomic E-state index is 12.9. The number of aromatic nitrogens is 1. The van der Waals surface area contributed by atoms with Crippen LogP contribution in [0.5, 0.6) is 0 Å². The molecule has 1 aromatic heterocycles. The predicted octanol–water partition coefficient (Wildman–Crippen LogP) is 2.31. The molecule has 4 rings (SSSR count). The highest BCUT2D eigenvalue weighted by molar-refractivity contribution is 7.11. The lowest BCUT2D eigenvalue weighted by atomic mass is 9.99. The molecule has 2 aromatic rings. The zero-order chi connectivity index (χ0) is 19.5. The van der Waals surface area contributed by atoms with Gasteiger partial charge < -0.3 is 10.2 Å². The molecule has 7 heteroatoms. The van der Waals surface area contributed by atoms with Gasteiger partial charge in [-0.15, -0.1) is 11.3 Å². The summed E-state index contributed by atoms with van der Waals surface area (Å²) >= 11 is 1.35. The minimum absolute atomic E-state index is 0.0672. The Balaban J connectivity index is 1.27. The fourth-order valence-corrected chi connectivity index (χ4v) is 4.78. The first-order valence-electron chi connectivity index (χ1n) is 9.85. The van der Waals surface area contributed by atoms with Gasteiger partial charge >= 0.3 is 0 Å². The van der Waals surface area contributed by atoms with E-state index in [4.69, 9.17) is 0 Å². The van der Waals surface area contributed by atoms with E-state index in [2.05, 4.69) is 40.4 Å². The molecular formula is C21H26N4O2S. The molecule has 0 spiro atoms. The standard InChI is InChI=1S/C21H26N4O2S/c1-24-17(6-7-18(24)11-23-21(27)19-12-22-14-28-19)10-20(26)25-9-8-15-4-2-3-5-16(15)13-25/h2-5,12,14,17-18H,6-11,13H2,1H3,(H,23,27)/t17-,18+/m1/s1. The van der Waals surface area contributed by atoms with E-state index in [0.29, 0.717) is 17.8 Å². The molecular weight excluding hydrogens is 372 g/mol. The molecule has 6 nitrogen and oxygen atoms in total. The van der Waals surface area contributed by atoms with E-state index in [1.807, 2.05) is 11.0 Å². The third kappa shape index (κ3) is 4.10. The number of carbonyl (C=O) groups is 2. The number of fused-ring (bicyclic) bond motifs is 1. The van der Waals surface area contributed by atoms with Gasteiger partial charge in [-0.05, 0) is 37.4 Å². The van der Waals surface area contributed by atoms with Crippen molar-refractivity contribution in [2.75, 3.05) is 20.1 Å². The number of hydrogen-bond donors (Lipinski definition) is 1. The van der Waals surface area contributed by atoms with Gasteiger partial charge in [0.25, 0.3) is 5.91 Å². The SMILES string of the molecule is CN1[C@@H](CC(=O)N2CCc3ccccc3C2)CC[C@H]1CNC(=O)c1cncs1. The molecule has 0 radical (unpaired) electrons. The van der Waals surface area contributed by atoms with Crippen LogP contribution >= 0.6 is 11.3 Å². The predicted molar refractivity (Wildman–Crippen MR) is 109 cm³/mol. The number of amides is 2. The summed E-state index contributed by atoms with van der Waals surface area (Å²) in [5.74, 6) is 0.170. The number of thiazole rings is 1. The van der Waals surface area contributed by atoms with Crippen molar-refractivity contribution in [3.63, 3.8) is 0 Å². The normalized spacial score (nSPS) is 22.1. The molecule has 0 unspecified atom stereocenters. The Morgan fingerprint density at radius 2 is 2.00 bits per heavy atom. The highest BCUT2D eigenvalue weighted by Gasteiger charge is 2.33. The van der Waals surface area contributed by atoms with Crippen LogP contribution in [-0.2, 0) is 17.8 Å². The Morgan fingerprint density at radius 1 is 1.21 bits per heavy atom. The van der Waals surface area contributed by atoms with E-state index in [0.717, 1.165) is 32.4 Å². The van der Waals surface area contributed by atoms with Crippen molar-refractivity contribution < 1.29 is 9.59 Å². The van der Waals surface area contributed by atoms with E-state index in [1.165, 1.54) is 22.5 Å². The fraction of sp³-hybridized carbons (Fsp3) is 0.476. The lowest BCUT2D eigenvalue weighted by Crippen LogP contribution is -2.43. The van der Waals surface area contributed by atoms with Gasteiger partial charge in [0, 0.05) is 38.1 Å². The van der Waals surface area contributed by atoms with Gasteiger partial charge in [0.15, 0.2) is 0 Å². The summed E-state index contributed by atoms with van der Waals surface area (Å²) < 4.78 is 0. The van der Waals surface area contributed by atoms with Crippen molar-refractivity contribution >= 4 is 23.2 Å². The molecule has 1 N–H and O–H groups in total. The lowest BCUT2D eigenvalue weighted by molar-refractivity contribution is -0.133. The maximum Gasteiger partial charge on any atom is 0.263 e. The van der Waals surface area contributed by atoms with Crippen molar-refractivity contribution in [1.82, 2.24) is 20.1 Å². The smallest absolute Gasteiger partial charge is 0.263 e. The van der Waals surface area contributed by atoms with Gasteiger partial charge in [-0.25, -0.2) is 0 Å². The Kier molecular flexibility index (Phi) is 5.73. The third-order valence-electron chi connectivity index (χ3n) is 6.03. The van der Waals surface area contributed by atoms with Crippen molar-refractivity contribution in [1.29, 1.82) is 0 Å². The molecule has 0 bridgehead atoms. The molecule has 1 saturated heterocycles. The van der Waals surface area contributed by atoms with Gasteiger partial charge in [-0.2, -0.15) is 0 Å². The van der Waals surface area contributed by atoms with Crippen molar-refractivity contribution in [2.24, 2.45) is 0 Å². The Labute approximate surface area is 169 Å². The summed E-state index contributed by atoms with van der Waals surface area (Å²) in [5, 5.41) is 3.00. The molecule has 0 saturated carbocycles. The van der Waals surface area contributed by atoms with Crippen molar-refractivity contribution in [3.8, 4) is 0 Å². The number of rotatable bonds is 5. The fourth-order valence-electron chi connectivity index (χ4n) is 4.25. The lowest BCUT2D eigenvalue weighted by Gasteiger charge is -2.31. The van der Waals surface area contributed by atoms with Gasteiger partial charge in [0.05, 0.1) is 11.7 Å². The first kappa shape index (κ1) is 19.1. The highest BCUT2D eigenvalue weighted by atomic mass is 32.1. The van der Waals surface area contributed by atoms with Crippen LogP contribution in [0.4, 0.5) is 0 Å². The molecule has 28 heavy (non-hydrogen) atoms. The van der Waals surface area contributed by atoms with Crippen LogP contribution in [0.1, 0.15) is 40.1 Å². The minimum atomic E-state index is -0.0672. The van der Waals surface area contributed by atoms with Crippen LogP contribution in [0.25, 0.3) is 0 Å². The molecule has 148 valence electrons. The Hall–Kier alpha value is -2.25. The first-order valence-corrected chi connectivity index (χ1v) is 10.7. The molecule has 2 aliphatic heterocycles. The van der Waals surface area contributed by atoms with Gasteiger partial charge in [0.2, 0.25) is 5.91 Å². The molecule has 0 aliphatic carbocycles. The molecule has 2 atom stereocenters. The summed E-state index contributed by atoms with van der Waals surface area (Å²) in [7, 11) is 2.07. The summed E-state index contributed by atoms with van der Waals surface area (Å²) in [6.07, 6.45) is 5.08. The molecule has 2 amide bonds. The molecule has 3 heterocycles. The van der Waals surface area contributed by atoms with Crippen molar-refractivity contribution in [2.45, 2.75) is 44.3 Å². The number of nitrogens with zero attached hydrogens (tertiary/aromatic N) is 3. The Bertz CT molecular complexity index is 839. The summed E-state index contributed by atoms with van der Waals surface area (Å²) in [5.41, 5.74) is 4.30. The van der Waals surface area contributed by atoms with Crippen LogP contribution in [0, 0.1) is 0 Å². The maximum absolute atomic E-state index is 12.9. The number of nitrogens with one attached hydrogen (secondary N) is 1. The van der Waals surface area contributed by atoms with E-state index < -0.39 is 0 Å². The summed E-state index contributed by atoms with van der Waals surface area (Å²) in [6, 6.07) is 8.91. The van der Waals surface area contributed by atoms with Crippen LogP contribution in [-0.4, -0.2) is 58.8 Å². The third-order valence-corrected chi connectivity index (χ3v) is 6.80. The van der Waals surface area contributed by atoms with E-state index in [-0.39, 0.29) is 23.9 Å². The topological polar surface area (TPSA) is 65.5 Å². The average Bonchev–Trinajstić information content (AvgIpc) is 3.37. The number of likely N-dealkylation sites (N-methyl/N-ethyl adjacent to an activating group) is 1. The number of hydrogen-bond acceptors (Lipinski definition) is 5. The molecule has 1 fully saturated rings. The quantitative estimate of drug-likeness (QED) is 0.839. The second-order valence-corrected chi connectivity index (χ2v) is 8.55. The summed E-state index contributed by atoms with van der Waals surface area (Å²) in [6.45, 7) is 2.13. The van der Waals surface area contributed by atoms with Gasteiger partial charge in [-0.1, -0.05) is 24.3 Å². The minimum Gasteiger partial charge on any atom is -0.350 e. The number of benzene rings is 1. The van der Waals surface area contributed by atoms with Crippen LogP contribution in [0.3, 0.4) is 0 Å². The van der Waals surface area contributed by atoms with Crippen LogP contribution in [0.2, 0.25) is 0 Å².